The molecule has 1 N–H and O–H groups in total. The van der Waals surface area contributed by atoms with Gasteiger partial charge in [0.15, 0.2) is 0 Å². The number of carbonyl (C=O) groups excluding carboxylic acids is 1. The van der Waals surface area contributed by atoms with Crippen LogP contribution in [0.2, 0.25) is 0 Å². The second kappa shape index (κ2) is 7.71. The van der Waals surface area contributed by atoms with Gasteiger partial charge in [0.25, 0.3) is 5.91 Å². The van der Waals surface area contributed by atoms with Gasteiger partial charge < -0.3 is 10.1 Å². The summed E-state index contributed by atoms with van der Waals surface area (Å²) in [6.45, 7) is 2.93. The molecule has 3 heteroatoms. The number of hydrogen-bond acceptors (Lipinski definition) is 2. The van der Waals surface area contributed by atoms with E-state index in [1.807, 2.05) is 0 Å². The molecule has 0 radical (unpaired) electrons. The maximum absolute atomic E-state index is 11.7. The topological polar surface area (TPSA) is 38.3 Å². The van der Waals surface area contributed by atoms with Crippen molar-refractivity contribution in [1.29, 1.82) is 0 Å². The van der Waals surface area contributed by atoms with Crippen LogP contribution in [0.4, 0.5) is 0 Å². The Morgan fingerprint density at radius 3 is 2.47 bits per heavy atom. The highest BCUT2D eigenvalue weighted by atomic mass is 16.5. The second-order valence-corrected chi connectivity index (χ2v) is 4.05. The van der Waals surface area contributed by atoms with E-state index in [1.165, 1.54) is 19.3 Å². The molecule has 0 aliphatic heterocycles. The molecule has 1 aromatic rings. The van der Waals surface area contributed by atoms with E-state index in [0.717, 1.165) is 18.7 Å². The summed E-state index contributed by atoms with van der Waals surface area (Å²) in [5.41, 5.74) is 0.682. The molecule has 0 atom stereocenters. The van der Waals surface area contributed by atoms with Crippen molar-refractivity contribution in [3.63, 3.8) is 0 Å². The van der Waals surface area contributed by atoms with Gasteiger partial charge in [-0.05, 0) is 30.7 Å². The van der Waals surface area contributed by atoms with Crippen LogP contribution >= 0.6 is 0 Å². The normalized spacial score (nSPS) is 10.0. The molecule has 1 rings (SSSR count). The quantitative estimate of drug-likeness (QED) is 0.740. The van der Waals surface area contributed by atoms with Crippen LogP contribution in [0, 0.1) is 0 Å². The van der Waals surface area contributed by atoms with Crippen molar-refractivity contribution in [1.82, 2.24) is 5.32 Å². The number of unbranched alkanes of at least 4 members (excludes halogenated alkanes) is 3. The number of benzene rings is 1. The molecule has 1 aromatic carbocycles. The minimum absolute atomic E-state index is 0.0100. The Labute approximate surface area is 103 Å². The fraction of sp³-hybridized carbons (Fsp3) is 0.500. The highest BCUT2D eigenvalue weighted by molar-refractivity contribution is 5.94. The van der Waals surface area contributed by atoms with E-state index in [9.17, 15) is 4.79 Å². The van der Waals surface area contributed by atoms with Gasteiger partial charge in [0.1, 0.15) is 5.75 Å². The molecule has 0 fully saturated rings. The molecule has 17 heavy (non-hydrogen) atoms. The van der Waals surface area contributed by atoms with Gasteiger partial charge in [-0.1, -0.05) is 26.2 Å². The Morgan fingerprint density at radius 2 is 1.88 bits per heavy atom. The van der Waals surface area contributed by atoms with Crippen molar-refractivity contribution in [3.8, 4) is 5.75 Å². The molecular weight excluding hydrogens is 216 g/mol. The minimum Gasteiger partial charge on any atom is -0.497 e. The number of methoxy groups -OCH3 is 1. The first kappa shape index (κ1) is 13.6. The Bertz CT molecular complexity index is 333. The van der Waals surface area contributed by atoms with Crippen LogP contribution < -0.4 is 10.1 Å². The zero-order valence-electron chi connectivity index (χ0n) is 10.7. The van der Waals surface area contributed by atoms with Crippen molar-refractivity contribution in [2.24, 2.45) is 0 Å². The van der Waals surface area contributed by atoms with Crippen LogP contribution in [0.5, 0.6) is 5.75 Å². The molecular formula is C14H21NO2. The number of ether oxygens (including phenoxy) is 1. The third-order valence-corrected chi connectivity index (χ3v) is 2.67. The van der Waals surface area contributed by atoms with E-state index in [1.54, 1.807) is 31.4 Å². The average molecular weight is 237 g/mol. The molecule has 0 aliphatic rings. The highest BCUT2D eigenvalue weighted by Crippen LogP contribution is 2.11. The van der Waals surface area contributed by atoms with E-state index in [4.69, 9.17) is 4.74 Å². The van der Waals surface area contributed by atoms with Gasteiger partial charge in [0.2, 0.25) is 0 Å². The van der Waals surface area contributed by atoms with Crippen molar-refractivity contribution < 1.29 is 9.53 Å². The molecule has 0 spiro atoms. The lowest BCUT2D eigenvalue weighted by Gasteiger charge is -2.05. The van der Waals surface area contributed by atoms with Gasteiger partial charge in [-0.25, -0.2) is 0 Å². The molecule has 3 nitrogen and oxygen atoms in total. The zero-order valence-corrected chi connectivity index (χ0v) is 10.7. The summed E-state index contributed by atoms with van der Waals surface area (Å²) in [6.07, 6.45) is 4.68. The smallest absolute Gasteiger partial charge is 0.251 e. The predicted octanol–water partition coefficient (Wildman–Crippen LogP) is 3.01. The predicted molar refractivity (Wildman–Crippen MR) is 69.5 cm³/mol. The van der Waals surface area contributed by atoms with Gasteiger partial charge in [-0.15, -0.1) is 0 Å². The third-order valence-electron chi connectivity index (χ3n) is 2.67. The maximum Gasteiger partial charge on any atom is 0.251 e. The first-order valence-electron chi connectivity index (χ1n) is 6.20. The Balaban J connectivity index is 2.31. The summed E-state index contributed by atoms with van der Waals surface area (Å²) >= 11 is 0. The fourth-order valence-corrected chi connectivity index (χ4v) is 1.60. The fourth-order valence-electron chi connectivity index (χ4n) is 1.60. The van der Waals surface area contributed by atoms with Crippen LogP contribution in [0.1, 0.15) is 43.0 Å². The van der Waals surface area contributed by atoms with Crippen LogP contribution in [0.25, 0.3) is 0 Å². The molecule has 0 aromatic heterocycles. The highest BCUT2D eigenvalue weighted by Gasteiger charge is 2.04. The van der Waals surface area contributed by atoms with Crippen LogP contribution in [-0.2, 0) is 0 Å². The lowest BCUT2D eigenvalue weighted by molar-refractivity contribution is 0.0953. The van der Waals surface area contributed by atoms with Gasteiger partial charge in [0.05, 0.1) is 7.11 Å². The van der Waals surface area contributed by atoms with E-state index < -0.39 is 0 Å². The summed E-state index contributed by atoms with van der Waals surface area (Å²) in [5.74, 6) is 0.758. The van der Waals surface area contributed by atoms with Gasteiger partial charge in [0, 0.05) is 12.1 Å². The summed E-state index contributed by atoms with van der Waals surface area (Å²) in [5, 5.41) is 2.92. The Morgan fingerprint density at radius 1 is 1.18 bits per heavy atom. The van der Waals surface area contributed by atoms with Crippen molar-refractivity contribution in [2.45, 2.75) is 32.6 Å². The number of carbonyl (C=O) groups is 1. The lowest BCUT2D eigenvalue weighted by Crippen LogP contribution is -2.24. The number of rotatable bonds is 7. The van der Waals surface area contributed by atoms with Crippen LogP contribution in [0.3, 0.4) is 0 Å². The molecule has 0 heterocycles. The van der Waals surface area contributed by atoms with E-state index in [0.29, 0.717) is 5.56 Å². The lowest BCUT2D eigenvalue weighted by atomic mass is 10.2. The molecule has 0 aliphatic carbocycles. The first-order valence-corrected chi connectivity index (χ1v) is 6.20. The number of nitrogens with one attached hydrogen (secondary N) is 1. The third kappa shape index (κ3) is 4.89. The van der Waals surface area contributed by atoms with Crippen molar-refractivity contribution >= 4 is 5.91 Å². The van der Waals surface area contributed by atoms with E-state index in [-0.39, 0.29) is 5.91 Å². The Kier molecular flexibility index (Phi) is 6.15. The van der Waals surface area contributed by atoms with Gasteiger partial charge in [-0.3, -0.25) is 4.79 Å². The maximum atomic E-state index is 11.7. The minimum atomic E-state index is -0.0100. The van der Waals surface area contributed by atoms with Crippen molar-refractivity contribution in [3.05, 3.63) is 29.8 Å². The number of hydrogen-bond donors (Lipinski definition) is 1. The molecule has 0 saturated heterocycles. The summed E-state index contributed by atoms with van der Waals surface area (Å²) in [6, 6.07) is 7.15. The molecule has 1 amide bonds. The SMILES string of the molecule is CCCCCCN[14C](=O)c1ccc(OC)cc1. The first-order chi connectivity index (χ1) is 8.27. The molecule has 0 unspecified atom stereocenters. The standard InChI is InChI=1S/C14H21NO2/c1-3-4-5-6-11-15-14(16)12-7-9-13(17-2)10-8-12/h7-10H,3-6,11H2,1-2H3,(H,15,16)/i14+2. The van der Waals surface area contributed by atoms with Gasteiger partial charge in [-0.2, -0.15) is 0 Å². The summed E-state index contributed by atoms with van der Waals surface area (Å²) in [4.78, 5) is 11.7. The molecule has 0 saturated carbocycles. The number of amides is 1. The summed E-state index contributed by atoms with van der Waals surface area (Å²) in [7, 11) is 1.61. The van der Waals surface area contributed by atoms with E-state index in [2.05, 4.69) is 12.2 Å². The van der Waals surface area contributed by atoms with E-state index >= 15 is 0 Å². The zero-order chi connectivity index (χ0) is 12.5. The van der Waals surface area contributed by atoms with Gasteiger partial charge >= 0.3 is 0 Å². The largest absolute Gasteiger partial charge is 0.497 e. The van der Waals surface area contributed by atoms with Crippen LogP contribution in [-0.4, -0.2) is 19.6 Å². The summed E-state index contributed by atoms with van der Waals surface area (Å²) < 4.78 is 5.04. The molecule has 94 valence electrons. The van der Waals surface area contributed by atoms with Crippen LogP contribution in [0.15, 0.2) is 24.3 Å². The van der Waals surface area contributed by atoms with Crippen molar-refractivity contribution in [2.75, 3.05) is 13.7 Å². The molecule has 0 bridgehead atoms. The average Bonchev–Trinajstić information content (AvgIpc) is 2.38. The second-order valence-electron chi connectivity index (χ2n) is 4.05. The monoisotopic (exact) mass is 237 g/mol. The Hall–Kier alpha value is -1.51.